The van der Waals surface area contributed by atoms with Crippen LogP contribution >= 0.6 is 8.20 Å². The fourth-order valence-corrected chi connectivity index (χ4v) is 3.54. The monoisotopic (exact) mass is 312 g/mol. The van der Waals surface area contributed by atoms with E-state index >= 15 is 0 Å². The van der Waals surface area contributed by atoms with Crippen LogP contribution in [0.5, 0.6) is 0 Å². The standard InChI is InChI=1S/C20H41P/c1-3-5-6-7-8-9-10-11-12-13-14-15-16-17-18-19-20-21-4-2/h4H,3,5-20H2,1-2H3. The fraction of sp³-hybridized carbons (Fsp3) is 0.950. The fourth-order valence-electron chi connectivity index (χ4n) is 2.88. The highest BCUT2D eigenvalue weighted by molar-refractivity contribution is 7.38. The quantitative estimate of drug-likeness (QED) is 0.188. The van der Waals surface area contributed by atoms with Crippen LogP contribution in [0.15, 0.2) is 0 Å². The molecule has 0 rings (SSSR count). The van der Waals surface area contributed by atoms with Gasteiger partial charge in [0.2, 0.25) is 0 Å². The van der Waals surface area contributed by atoms with Gasteiger partial charge in [-0.05, 0) is 19.5 Å². The van der Waals surface area contributed by atoms with Crippen LogP contribution in [0.3, 0.4) is 0 Å². The number of unbranched alkanes of at least 4 members (excludes halogenated alkanes) is 15. The first-order valence-electron chi connectivity index (χ1n) is 9.86. The minimum Gasteiger partial charge on any atom is -0.109 e. The van der Waals surface area contributed by atoms with Gasteiger partial charge in [-0.1, -0.05) is 109 Å². The maximum Gasteiger partial charge on any atom is -0.0109 e. The van der Waals surface area contributed by atoms with E-state index in [2.05, 4.69) is 19.6 Å². The van der Waals surface area contributed by atoms with Crippen molar-refractivity contribution in [1.82, 2.24) is 0 Å². The predicted molar refractivity (Wildman–Crippen MR) is 103 cm³/mol. The van der Waals surface area contributed by atoms with Gasteiger partial charge in [-0.2, -0.15) is 0 Å². The summed E-state index contributed by atoms with van der Waals surface area (Å²) in [7, 11) is 1.54. The number of hydrogen-bond acceptors (Lipinski definition) is 0. The minimum atomic E-state index is 1.37. The highest BCUT2D eigenvalue weighted by Crippen LogP contribution is 2.14. The molecule has 0 saturated heterocycles. The lowest BCUT2D eigenvalue weighted by Gasteiger charge is -2.03. The van der Waals surface area contributed by atoms with E-state index in [-0.39, 0.29) is 0 Å². The third kappa shape index (κ3) is 20.2. The predicted octanol–water partition coefficient (Wildman–Crippen LogP) is 8.02. The maximum atomic E-state index is 2.30. The van der Waals surface area contributed by atoms with Gasteiger partial charge in [-0.15, -0.1) is 8.20 Å². The van der Waals surface area contributed by atoms with Crippen LogP contribution in [0, 0.1) is 0 Å². The van der Waals surface area contributed by atoms with Crippen molar-refractivity contribution in [1.29, 1.82) is 0 Å². The Hall–Kier alpha value is 0.170. The molecule has 0 N–H and O–H groups in total. The first-order chi connectivity index (χ1) is 10.4. The summed E-state index contributed by atoms with van der Waals surface area (Å²) in [6, 6.07) is 0. The van der Waals surface area contributed by atoms with Gasteiger partial charge >= 0.3 is 0 Å². The molecule has 0 nitrogen and oxygen atoms in total. The lowest BCUT2D eigenvalue weighted by Crippen LogP contribution is -1.84. The Kier molecular flexibility index (Phi) is 20.3. The van der Waals surface area contributed by atoms with Gasteiger partial charge in [-0.25, -0.2) is 0 Å². The summed E-state index contributed by atoms with van der Waals surface area (Å²) in [5.74, 6) is 2.27. The molecule has 0 aliphatic heterocycles. The molecule has 0 aromatic rings. The van der Waals surface area contributed by atoms with Crippen molar-refractivity contribution >= 4 is 14.0 Å². The molecule has 0 aromatic carbocycles. The molecule has 0 unspecified atom stereocenters. The van der Waals surface area contributed by atoms with Crippen molar-refractivity contribution in [3.05, 3.63) is 0 Å². The smallest absolute Gasteiger partial charge is 0.0109 e. The van der Waals surface area contributed by atoms with Gasteiger partial charge < -0.3 is 0 Å². The highest BCUT2D eigenvalue weighted by Gasteiger charge is 1.94. The topological polar surface area (TPSA) is 0 Å². The van der Waals surface area contributed by atoms with Crippen molar-refractivity contribution in [2.24, 2.45) is 0 Å². The number of rotatable bonds is 17. The molecule has 0 amide bonds. The Morgan fingerprint density at radius 3 is 1.19 bits per heavy atom. The first-order valence-corrected chi connectivity index (χ1v) is 11.0. The van der Waals surface area contributed by atoms with E-state index in [0.29, 0.717) is 0 Å². The molecule has 0 atom stereocenters. The molecule has 1 heteroatoms. The Bertz CT molecular complexity index is 198. The number of hydrogen-bond donors (Lipinski definition) is 0. The van der Waals surface area contributed by atoms with Gasteiger partial charge in [0, 0.05) is 0 Å². The summed E-state index contributed by atoms with van der Waals surface area (Å²) in [5.41, 5.74) is 0. The normalized spacial score (nSPS) is 11.5. The van der Waals surface area contributed by atoms with E-state index in [0.717, 1.165) is 0 Å². The van der Waals surface area contributed by atoms with Gasteiger partial charge in [0.1, 0.15) is 0 Å². The summed E-state index contributed by atoms with van der Waals surface area (Å²) in [4.78, 5) is 0. The van der Waals surface area contributed by atoms with E-state index in [1.54, 1.807) is 0 Å². The van der Waals surface area contributed by atoms with Crippen molar-refractivity contribution in [3.63, 3.8) is 0 Å². The van der Waals surface area contributed by atoms with Crippen molar-refractivity contribution in [2.75, 3.05) is 6.16 Å². The molecule has 0 spiro atoms. The van der Waals surface area contributed by atoms with Gasteiger partial charge in [0.25, 0.3) is 0 Å². The third-order valence-electron chi connectivity index (χ3n) is 4.32. The van der Waals surface area contributed by atoms with Gasteiger partial charge in [-0.3, -0.25) is 0 Å². The lowest BCUT2D eigenvalue weighted by atomic mass is 10.0. The highest BCUT2D eigenvalue weighted by atomic mass is 31.1. The summed E-state index contributed by atoms with van der Waals surface area (Å²) >= 11 is 0. The maximum absolute atomic E-state index is 2.30. The average Bonchev–Trinajstić information content (AvgIpc) is 2.50. The average molecular weight is 313 g/mol. The van der Waals surface area contributed by atoms with Crippen molar-refractivity contribution < 1.29 is 0 Å². The van der Waals surface area contributed by atoms with Crippen LogP contribution in [-0.4, -0.2) is 12.0 Å². The third-order valence-corrected chi connectivity index (χ3v) is 5.26. The summed E-state index contributed by atoms with van der Waals surface area (Å²) in [5, 5.41) is 0. The Morgan fingerprint density at radius 1 is 0.524 bits per heavy atom. The van der Waals surface area contributed by atoms with E-state index in [4.69, 9.17) is 0 Å². The molecule has 0 aromatic heterocycles. The molecular weight excluding hydrogens is 271 g/mol. The molecule has 0 saturated carbocycles. The van der Waals surface area contributed by atoms with Crippen LogP contribution in [0.1, 0.15) is 117 Å². The van der Waals surface area contributed by atoms with E-state index < -0.39 is 0 Å². The van der Waals surface area contributed by atoms with Crippen LogP contribution in [0.2, 0.25) is 0 Å². The molecule has 0 aliphatic rings. The van der Waals surface area contributed by atoms with Gasteiger partial charge in [0.15, 0.2) is 0 Å². The largest absolute Gasteiger partial charge is 0.109 e. The van der Waals surface area contributed by atoms with Crippen molar-refractivity contribution in [2.45, 2.75) is 117 Å². The molecule has 0 fully saturated rings. The zero-order chi connectivity index (χ0) is 15.4. The molecule has 126 valence electrons. The van der Waals surface area contributed by atoms with Crippen LogP contribution < -0.4 is 0 Å². The summed E-state index contributed by atoms with van der Waals surface area (Å²) in [6.45, 7) is 4.46. The summed E-state index contributed by atoms with van der Waals surface area (Å²) < 4.78 is 0. The van der Waals surface area contributed by atoms with Gasteiger partial charge in [0.05, 0.1) is 0 Å². The zero-order valence-electron chi connectivity index (χ0n) is 15.0. The Balaban J connectivity index is 2.93. The molecule has 0 bridgehead atoms. The Morgan fingerprint density at radius 2 is 0.857 bits per heavy atom. The van der Waals surface area contributed by atoms with Crippen LogP contribution in [0.4, 0.5) is 0 Å². The first kappa shape index (κ1) is 21.2. The minimum absolute atomic E-state index is 1.37. The summed E-state index contributed by atoms with van der Waals surface area (Å²) in [6.07, 6.45) is 24.8. The van der Waals surface area contributed by atoms with Crippen LogP contribution in [0.25, 0.3) is 0 Å². The van der Waals surface area contributed by atoms with Crippen LogP contribution in [-0.2, 0) is 0 Å². The molecule has 21 heavy (non-hydrogen) atoms. The SMILES string of the molecule is CC=PCCCCCCCCCCCCCCCCCC. The van der Waals surface area contributed by atoms with E-state index in [9.17, 15) is 0 Å². The molecule has 0 radical (unpaired) electrons. The second kappa shape index (κ2) is 20.2. The van der Waals surface area contributed by atoms with Crippen molar-refractivity contribution in [3.8, 4) is 0 Å². The molecule has 0 heterocycles. The zero-order valence-corrected chi connectivity index (χ0v) is 15.9. The van der Waals surface area contributed by atoms with E-state index in [1.165, 1.54) is 117 Å². The second-order valence-electron chi connectivity index (χ2n) is 6.47. The molecule has 0 aliphatic carbocycles. The Labute approximate surface area is 137 Å². The lowest BCUT2D eigenvalue weighted by molar-refractivity contribution is 0.531. The second-order valence-corrected chi connectivity index (χ2v) is 7.80. The van der Waals surface area contributed by atoms with E-state index in [1.807, 2.05) is 0 Å². The molecular formula is C20H41P.